The van der Waals surface area contributed by atoms with Crippen molar-refractivity contribution in [3.63, 3.8) is 0 Å². The predicted molar refractivity (Wildman–Crippen MR) is 94.7 cm³/mol. The number of hydrogen-bond acceptors (Lipinski definition) is 2. The highest BCUT2D eigenvalue weighted by Gasteiger charge is 2.21. The van der Waals surface area contributed by atoms with E-state index in [0.29, 0.717) is 6.42 Å². The Morgan fingerprint density at radius 3 is 2.09 bits per heavy atom. The van der Waals surface area contributed by atoms with E-state index >= 15 is 0 Å². The summed E-state index contributed by atoms with van der Waals surface area (Å²) < 4.78 is 0. The summed E-state index contributed by atoms with van der Waals surface area (Å²) in [5.74, 6) is 0. The van der Waals surface area contributed by atoms with Gasteiger partial charge < -0.3 is 5.73 Å². The predicted octanol–water partition coefficient (Wildman–Crippen LogP) is 5.15. The molecule has 0 radical (unpaired) electrons. The Labute approximate surface area is 136 Å². The molecule has 1 aromatic carbocycles. The molecule has 2 nitrogen and oxygen atoms in total. The summed E-state index contributed by atoms with van der Waals surface area (Å²) >= 11 is 0. The SMILES string of the molecule is CCCCCCCc1ccc(CCC(N)(CC)CC#N)cc1. The van der Waals surface area contributed by atoms with Crippen LogP contribution in [0.1, 0.15) is 76.3 Å². The van der Waals surface area contributed by atoms with Crippen LogP contribution >= 0.6 is 0 Å². The average Bonchev–Trinajstić information content (AvgIpc) is 2.54. The summed E-state index contributed by atoms with van der Waals surface area (Å²) in [7, 11) is 0. The number of aryl methyl sites for hydroxylation is 2. The first-order valence-electron chi connectivity index (χ1n) is 8.87. The quantitative estimate of drug-likeness (QED) is 0.574. The van der Waals surface area contributed by atoms with Crippen molar-refractivity contribution in [2.24, 2.45) is 5.73 Å². The molecule has 0 spiro atoms. The lowest BCUT2D eigenvalue weighted by atomic mass is 9.87. The molecule has 1 unspecified atom stereocenters. The minimum absolute atomic E-state index is 0.327. The number of unbranched alkanes of at least 4 members (excludes halogenated alkanes) is 4. The van der Waals surface area contributed by atoms with Crippen molar-refractivity contribution in [2.75, 3.05) is 0 Å². The molecular weight excluding hydrogens is 268 g/mol. The fourth-order valence-corrected chi connectivity index (χ4v) is 2.75. The first-order chi connectivity index (χ1) is 10.6. The second-order valence-corrected chi connectivity index (χ2v) is 6.53. The second-order valence-electron chi connectivity index (χ2n) is 6.53. The smallest absolute Gasteiger partial charge is 0.0641 e. The van der Waals surface area contributed by atoms with Gasteiger partial charge in [0.2, 0.25) is 0 Å². The maximum Gasteiger partial charge on any atom is 0.0641 e. The first-order valence-corrected chi connectivity index (χ1v) is 8.87. The van der Waals surface area contributed by atoms with Crippen LogP contribution in [-0.2, 0) is 12.8 Å². The molecule has 1 aromatic rings. The highest BCUT2D eigenvalue weighted by molar-refractivity contribution is 5.23. The van der Waals surface area contributed by atoms with Gasteiger partial charge in [0.25, 0.3) is 0 Å². The normalized spacial score (nSPS) is 13.5. The lowest BCUT2D eigenvalue weighted by Gasteiger charge is -2.25. The highest BCUT2D eigenvalue weighted by Crippen LogP contribution is 2.19. The third-order valence-electron chi connectivity index (χ3n) is 4.64. The molecule has 0 aromatic heterocycles. The monoisotopic (exact) mass is 300 g/mol. The second kappa shape index (κ2) is 10.4. The summed E-state index contributed by atoms with van der Waals surface area (Å²) in [4.78, 5) is 0. The van der Waals surface area contributed by atoms with E-state index in [2.05, 4.69) is 44.2 Å². The third-order valence-corrected chi connectivity index (χ3v) is 4.64. The number of hydrogen-bond donors (Lipinski definition) is 1. The van der Waals surface area contributed by atoms with Gasteiger partial charge in [-0.25, -0.2) is 0 Å². The standard InChI is InChI=1S/C20H32N2/c1-3-5-6-7-8-9-18-10-12-19(13-11-18)14-15-20(22,4-2)16-17-21/h10-13H,3-9,14-16,22H2,1-2H3. The largest absolute Gasteiger partial charge is 0.324 e. The van der Waals surface area contributed by atoms with Crippen LogP contribution in [0.15, 0.2) is 24.3 Å². The zero-order chi connectivity index (χ0) is 16.3. The van der Waals surface area contributed by atoms with Crippen molar-refractivity contribution in [1.82, 2.24) is 0 Å². The van der Waals surface area contributed by atoms with E-state index in [1.165, 1.54) is 49.7 Å². The van der Waals surface area contributed by atoms with Gasteiger partial charge in [0.1, 0.15) is 0 Å². The van der Waals surface area contributed by atoms with E-state index < -0.39 is 0 Å². The van der Waals surface area contributed by atoms with E-state index in [9.17, 15) is 0 Å². The van der Waals surface area contributed by atoms with Crippen molar-refractivity contribution >= 4 is 0 Å². The lowest BCUT2D eigenvalue weighted by Crippen LogP contribution is -2.39. The number of nitrogens with two attached hydrogens (primary N) is 1. The Hall–Kier alpha value is -1.33. The number of nitrogens with zero attached hydrogens (tertiary/aromatic N) is 1. The average molecular weight is 300 g/mol. The van der Waals surface area contributed by atoms with Crippen molar-refractivity contribution in [3.8, 4) is 6.07 Å². The Morgan fingerprint density at radius 1 is 0.955 bits per heavy atom. The third kappa shape index (κ3) is 7.09. The molecule has 122 valence electrons. The van der Waals surface area contributed by atoms with Crippen molar-refractivity contribution in [1.29, 1.82) is 5.26 Å². The van der Waals surface area contributed by atoms with E-state index in [4.69, 9.17) is 11.0 Å². The molecule has 0 bridgehead atoms. The van der Waals surface area contributed by atoms with Crippen LogP contribution in [0, 0.1) is 11.3 Å². The van der Waals surface area contributed by atoms with Gasteiger partial charge in [-0.05, 0) is 43.2 Å². The zero-order valence-corrected chi connectivity index (χ0v) is 14.4. The molecule has 22 heavy (non-hydrogen) atoms. The first kappa shape index (κ1) is 18.7. The summed E-state index contributed by atoms with van der Waals surface area (Å²) in [6, 6.07) is 11.2. The fourth-order valence-electron chi connectivity index (χ4n) is 2.75. The number of benzene rings is 1. The molecule has 0 aliphatic rings. The van der Waals surface area contributed by atoms with Gasteiger partial charge >= 0.3 is 0 Å². The summed E-state index contributed by atoms with van der Waals surface area (Å²) in [6.45, 7) is 4.32. The molecule has 0 amide bonds. The van der Waals surface area contributed by atoms with E-state index in [1.54, 1.807) is 0 Å². The fraction of sp³-hybridized carbons (Fsp3) is 0.650. The summed E-state index contributed by atoms with van der Waals surface area (Å²) in [5, 5.41) is 8.87. The maximum absolute atomic E-state index is 8.87. The molecule has 0 heterocycles. The molecule has 1 rings (SSSR count). The molecule has 0 aliphatic heterocycles. The van der Waals surface area contributed by atoms with E-state index in [1.807, 2.05) is 0 Å². The van der Waals surface area contributed by atoms with Gasteiger partial charge in [-0.15, -0.1) is 0 Å². The van der Waals surface area contributed by atoms with Crippen LogP contribution in [0.4, 0.5) is 0 Å². The molecule has 1 atom stereocenters. The van der Waals surface area contributed by atoms with Crippen molar-refractivity contribution in [3.05, 3.63) is 35.4 Å². The minimum atomic E-state index is -0.327. The topological polar surface area (TPSA) is 49.8 Å². The highest BCUT2D eigenvalue weighted by atomic mass is 14.7. The Bertz CT molecular complexity index is 444. The van der Waals surface area contributed by atoms with Crippen LogP contribution in [0.25, 0.3) is 0 Å². The Balaban J connectivity index is 2.37. The molecular formula is C20H32N2. The van der Waals surface area contributed by atoms with Crippen LogP contribution in [0.2, 0.25) is 0 Å². The molecule has 0 fully saturated rings. The maximum atomic E-state index is 8.87. The van der Waals surface area contributed by atoms with Gasteiger partial charge in [-0.2, -0.15) is 5.26 Å². The van der Waals surface area contributed by atoms with Gasteiger partial charge in [0.15, 0.2) is 0 Å². The molecule has 2 N–H and O–H groups in total. The zero-order valence-electron chi connectivity index (χ0n) is 14.4. The van der Waals surface area contributed by atoms with Crippen LogP contribution < -0.4 is 5.73 Å². The van der Waals surface area contributed by atoms with Crippen LogP contribution in [0.5, 0.6) is 0 Å². The van der Waals surface area contributed by atoms with Gasteiger partial charge in [-0.3, -0.25) is 0 Å². The minimum Gasteiger partial charge on any atom is -0.324 e. The summed E-state index contributed by atoms with van der Waals surface area (Å²) in [6.07, 6.45) is 11.0. The lowest BCUT2D eigenvalue weighted by molar-refractivity contribution is 0.387. The molecule has 0 saturated carbocycles. The Morgan fingerprint density at radius 2 is 1.55 bits per heavy atom. The van der Waals surface area contributed by atoms with Crippen molar-refractivity contribution < 1.29 is 0 Å². The van der Waals surface area contributed by atoms with Gasteiger partial charge in [0, 0.05) is 5.54 Å². The molecule has 0 saturated heterocycles. The Kier molecular flexibility index (Phi) is 8.85. The van der Waals surface area contributed by atoms with Gasteiger partial charge in [0.05, 0.1) is 12.5 Å². The number of rotatable bonds is 11. The molecule has 0 aliphatic carbocycles. The van der Waals surface area contributed by atoms with Crippen LogP contribution in [0.3, 0.4) is 0 Å². The van der Waals surface area contributed by atoms with E-state index in [-0.39, 0.29) is 5.54 Å². The van der Waals surface area contributed by atoms with Crippen LogP contribution in [-0.4, -0.2) is 5.54 Å². The van der Waals surface area contributed by atoms with E-state index in [0.717, 1.165) is 19.3 Å². The molecule has 2 heteroatoms. The summed E-state index contributed by atoms with van der Waals surface area (Å²) in [5.41, 5.74) is 8.71. The van der Waals surface area contributed by atoms with Gasteiger partial charge in [-0.1, -0.05) is 63.8 Å². The number of nitriles is 1. The van der Waals surface area contributed by atoms with Crippen molar-refractivity contribution in [2.45, 2.75) is 83.6 Å².